The molecule has 0 saturated heterocycles. The summed E-state index contributed by atoms with van der Waals surface area (Å²) in [6, 6.07) is 22.5. The zero-order chi connectivity index (χ0) is 16.1. The number of carbonyl (C=O) groups excluding carboxylic acids is 1. The van der Waals surface area contributed by atoms with Crippen molar-refractivity contribution < 1.29 is 9.36 Å². The highest BCUT2D eigenvalue weighted by Crippen LogP contribution is 2.16. The predicted octanol–water partition coefficient (Wildman–Crippen LogP) is 3.65. The maximum Gasteiger partial charge on any atom is 0.221 e. The Kier molecular flexibility index (Phi) is 4.48. The maximum absolute atomic E-state index is 11.0. The smallest absolute Gasteiger partial charge is 0.221 e. The van der Waals surface area contributed by atoms with Crippen molar-refractivity contribution in [2.24, 2.45) is 0 Å². The van der Waals surface area contributed by atoms with Crippen LogP contribution in [-0.4, -0.2) is 5.91 Å². The number of rotatable bonds is 4. The second-order valence-corrected chi connectivity index (χ2v) is 5.50. The zero-order valence-corrected chi connectivity index (χ0v) is 13.1. The number of benzene rings is 2. The van der Waals surface area contributed by atoms with Crippen molar-refractivity contribution in [3.8, 4) is 11.1 Å². The summed E-state index contributed by atoms with van der Waals surface area (Å²) in [7, 11) is 0. The fourth-order valence-electron chi connectivity index (χ4n) is 2.49. The van der Waals surface area contributed by atoms with E-state index in [1.807, 2.05) is 42.5 Å². The first-order valence-electron chi connectivity index (χ1n) is 7.62. The van der Waals surface area contributed by atoms with Crippen LogP contribution >= 0.6 is 0 Å². The Morgan fingerprint density at radius 3 is 2.09 bits per heavy atom. The summed E-state index contributed by atoms with van der Waals surface area (Å²) in [6.07, 6.45) is 4.17. The second-order valence-electron chi connectivity index (χ2n) is 5.50. The van der Waals surface area contributed by atoms with Gasteiger partial charge in [-0.25, -0.2) is 4.57 Å². The molecule has 0 fully saturated rings. The minimum atomic E-state index is -0.0522. The number of pyridine rings is 1. The molecule has 0 bridgehead atoms. The van der Waals surface area contributed by atoms with Gasteiger partial charge in [0.25, 0.3) is 0 Å². The molecule has 0 aliphatic carbocycles. The minimum Gasteiger partial charge on any atom is -0.326 e. The number of anilines is 1. The van der Waals surface area contributed by atoms with Crippen molar-refractivity contribution >= 4 is 11.6 Å². The van der Waals surface area contributed by atoms with Crippen molar-refractivity contribution in [3.05, 3.63) is 84.7 Å². The average molecular weight is 303 g/mol. The molecule has 1 heterocycles. The van der Waals surface area contributed by atoms with Gasteiger partial charge in [0.15, 0.2) is 18.9 Å². The molecule has 3 rings (SSSR count). The van der Waals surface area contributed by atoms with Crippen LogP contribution in [0.4, 0.5) is 5.69 Å². The molecular formula is C20H19N2O+. The molecule has 0 saturated carbocycles. The van der Waals surface area contributed by atoms with Gasteiger partial charge in [0.1, 0.15) is 0 Å². The minimum absolute atomic E-state index is 0.0522. The third-order valence-electron chi connectivity index (χ3n) is 3.64. The van der Waals surface area contributed by atoms with E-state index in [0.29, 0.717) is 0 Å². The molecule has 0 radical (unpaired) electrons. The molecule has 1 N–H and O–H groups in total. The van der Waals surface area contributed by atoms with Crippen LogP contribution in [0.25, 0.3) is 11.1 Å². The second kappa shape index (κ2) is 6.88. The van der Waals surface area contributed by atoms with Crippen molar-refractivity contribution in [1.82, 2.24) is 0 Å². The van der Waals surface area contributed by atoms with Crippen molar-refractivity contribution in [2.75, 3.05) is 5.32 Å². The molecule has 2 aromatic carbocycles. The fraction of sp³-hybridized carbons (Fsp3) is 0.100. The molecule has 3 nitrogen and oxygen atoms in total. The van der Waals surface area contributed by atoms with Gasteiger partial charge in [0, 0.05) is 30.3 Å². The Morgan fingerprint density at radius 1 is 0.870 bits per heavy atom. The molecular weight excluding hydrogens is 284 g/mol. The normalized spacial score (nSPS) is 10.3. The van der Waals surface area contributed by atoms with E-state index in [1.54, 1.807) is 0 Å². The molecule has 0 aliphatic rings. The summed E-state index contributed by atoms with van der Waals surface area (Å²) < 4.78 is 2.14. The SMILES string of the molecule is CC(=O)Nc1ccc(C[n+]2ccc(-c3ccccc3)cc2)cc1. The standard InChI is InChI=1S/C20H18N2O/c1-16(23)21-20-9-7-17(8-10-20)15-22-13-11-19(12-14-22)18-5-3-2-4-6-18/h2-14H,15H2,1H3/p+1. The van der Waals surface area contributed by atoms with Crippen LogP contribution in [0.1, 0.15) is 12.5 Å². The summed E-state index contributed by atoms with van der Waals surface area (Å²) in [5, 5.41) is 2.78. The molecule has 23 heavy (non-hydrogen) atoms. The molecule has 1 aromatic heterocycles. The Bertz CT molecular complexity index is 778. The van der Waals surface area contributed by atoms with Gasteiger partial charge < -0.3 is 5.32 Å². The van der Waals surface area contributed by atoms with Crippen LogP contribution in [0.2, 0.25) is 0 Å². The molecule has 0 aliphatic heterocycles. The first-order valence-corrected chi connectivity index (χ1v) is 7.62. The van der Waals surface area contributed by atoms with Gasteiger partial charge in [0.2, 0.25) is 5.91 Å². The summed E-state index contributed by atoms with van der Waals surface area (Å²) in [5.74, 6) is -0.0522. The number of nitrogens with one attached hydrogen (secondary N) is 1. The van der Waals surface area contributed by atoms with E-state index < -0.39 is 0 Å². The molecule has 0 spiro atoms. The Labute approximate surface area is 136 Å². The van der Waals surface area contributed by atoms with E-state index in [1.165, 1.54) is 23.6 Å². The summed E-state index contributed by atoms with van der Waals surface area (Å²) in [5.41, 5.74) is 4.45. The Hall–Kier alpha value is -2.94. The lowest BCUT2D eigenvalue weighted by atomic mass is 10.1. The highest BCUT2D eigenvalue weighted by Gasteiger charge is 2.05. The van der Waals surface area contributed by atoms with Crippen molar-refractivity contribution in [1.29, 1.82) is 0 Å². The molecule has 0 unspecified atom stereocenters. The van der Waals surface area contributed by atoms with Crippen LogP contribution < -0.4 is 9.88 Å². The maximum atomic E-state index is 11.0. The number of nitrogens with zero attached hydrogens (tertiary/aromatic N) is 1. The fourth-order valence-corrected chi connectivity index (χ4v) is 2.49. The van der Waals surface area contributed by atoms with E-state index in [-0.39, 0.29) is 5.91 Å². The highest BCUT2D eigenvalue weighted by atomic mass is 16.1. The van der Waals surface area contributed by atoms with Gasteiger partial charge in [0.05, 0.1) is 0 Å². The lowest BCUT2D eigenvalue weighted by Gasteiger charge is -2.04. The van der Waals surface area contributed by atoms with Crippen LogP contribution in [-0.2, 0) is 11.3 Å². The van der Waals surface area contributed by atoms with E-state index in [0.717, 1.165) is 12.2 Å². The predicted molar refractivity (Wildman–Crippen MR) is 91.9 cm³/mol. The van der Waals surface area contributed by atoms with Crippen molar-refractivity contribution in [2.45, 2.75) is 13.5 Å². The van der Waals surface area contributed by atoms with Gasteiger partial charge >= 0.3 is 0 Å². The lowest BCUT2D eigenvalue weighted by Crippen LogP contribution is -2.32. The van der Waals surface area contributed by atoms with Crippen LogP contribution in [0.5, 0.6) is 0 Å². The summed E-state index contributed by atoms with van der Waals surface area (Å²) in [4.78, 5) is 11.0. The van der Waals surface area contributed by atoms with E-state index in [9.17, 15) is 4.79 Å². The Morgan fingerprint density at radius 2 is 1.48 bits per heavy atom. The van der Waals surface area contributed by atoms with E-state index in [2.05, 4.69) is 46.5 Å². The van der Waals surface area contributed by atoms with Gasteiger partial charge in [-0.1, -0.05) is 42.5 Å². The number of hydrogen-bond acceptors (Lipinski definition) is 1. The third kappa shape index (κ3) is 4.04. The number of amides is 1. The topological polar surface area (TPSA) is 33.0 Å². The third-order valence-corrected chi connectivity index (χ3v) is 3.64. The Balaban J connectivity index is 1.70. The molecule has 114 valence electrons. The van der Waals surface area contributed by atoms with Crippen LogP contribution in [0.15, 0.2) is 79.1 Å². The highest BCUT2D eigenvalue weighted by molar-refractivity contribution is 5.88. The molecule has 3 heteroatoms. The van der Waals surface area contributed by atoms with Gasteiger partial charge in [-0.15, -0.1) is 0 Å². The number of carbonyl (C=O) groups is 1. The van der Waals surface area contributed by atoms with Crippen LogP contribution in [0, 0.1) is 0 Å². The van der Waals surface area contributed by atoms with E-state index >= 15 is 0 Å². The summed E-state index contributed by atoms with van der Waals surface area (Å²) in [6.45, 7) is 2.31. The summed E-state index contributed by atoms with van der Waals surface area (Å²) >= 11 is 0. The molecule has 3 aromatic rings. The first kappa shape index (κ1) is 15.0. The van der Waals surface area contributed by atoms with Gasteiger partial charge in [-0.2, -0.15) is 0 Å². The zero-order valence-electron chi connectivity index (χ0n) is 13.1. The van der Waals surface area contributed by atoms with E-state index in [4.69, 9.17) is 0 Å². The largest absolute Gasteiger partial charge is 0.326 e. The van der Waals surface area contributed by atoms with Gasteiger partial charge in [-0.3, -0.25) is 4.79 Å². The number of hydrogen-bond donors (Lipinski definition) is 1. The molecule has 1 amide bonds. The number of aromatic nitrogens is 1. The molecule has 0 atom stereocenters. The lowest BCUT2D eigenvalue weighted by molar-refractivity contribution is -0.688. The van der Waals surface area contributed by atoms with Crippen LogP contribution in [0.3, 0.4) is 0 Å². The average Bonchev–Trinajstić information content (AvgIpc) is 2.58. The van der Waals surface area contributed by atoms with Crippen molar-refractivity contribution in [3.63, 3.8) is 0 Å². The quantitative estimate of drug-likeness (QED) is 0.733. The van der Waals surface area contributed by atoms with Gasteiger partial charge in [-0.05, 0) is 23.3 Å². The first-order chi connectivity index (χ1) is 11.2. The monoisotopic (exact) mass is 303 g/mol.